The van der Waals surface area contributed by atoms with E-state index in [1.165, 1.54) is 39.2 Å². The van der Waals surface area contributed by atoms with E-state index in [1.54, 1.807) is 30.3 Å². The van der Waals surface area contributed by atoms with Gasteiger partial charge in [0.25, 0.3) is 5.91 Å². The molecule has 1 amide bonds. The van der Waals surface area contributed by atoms with Gasteiger partial charge < -0.3 is 14.8 Å². The number of rotatable bonds is 7. The van der Waals surface area contributed by atoms with Crippen molar-refractivity contribution in [3.8, 4) is 5.75 Å². The third-order valence-electron chi connectivity index (χ3n) is 3.81. The lowest BCUT2D eigenvalue weighted by molar-refractivity contribution is -0.148. The van der Waals surface area contributed by atoms with Crippen LogP contribution in [0.25, 0.3) is 6.08 Å². The number of benzene rings is 2. The van der Waals surface area contributed by atoms with E-state index in [9.17, 15) is 18.8 Å². The average Bonchev–Trinajstić information content (AvgIpc) is 2.66. The van der Waals surface area contributed by atoms with Gasteiger partial charge in [0, 0.05) is 17.3 Å². The zero-order chi connectivity index (χ0) is 20.7. The smallest absolute Gasteiger partial charge is 0.331 e. The van der Waals surface area contributed by atoms with Crippen molar-refractivity contribution in [3.63, 3.8) is 0 Å². The van der Waals surface area contributed by atoms with Gasteiger partial charge in [-0.3, -0.25) is 9.59 Å². The zero-order valence-electron chi connectivity index (χ0n) is 15.7. The van der Waals surface area contributed by atoms with Crippen LogP contribution in [0, 0.1) is 5.82 Å². The third-order valence-corrected chi connectivity index (χ3v) is 3.81. The molecule has 0 aliphatic carbocycles. The highest BCUT2D eigenvalue weighted by Crippen LogP contribution is 2.18. The van der Waals surface area contributed by atoms with Gasteiger partial charge in [0.05, 0.1) is 7.11 Å². The highest BCUT2D eigenvalue weighted by atomic mass is 19.1. The molecule has 0 unspecified atom stereocenters. The second kappa shape index (κ2) is 9.45. The van der Waals surface area contributed by atoms with Crippen LogP contribution in [0.15, 0.2) is 48.5 Å². The summed E-state index contributed by atoms with van der Waals surface area (Å²) in [5, 5.41) is 2.59. The zero-order valence-corrected chi connectivity index (χ0v) is 15.7. The van der Waals surface area contributed by atoms with Crippen LogP contribution in [-0.2, 0) is 14.3 Å². The Kier molecular flexibility index (Phi) is 7.03. The molecule has 0 saturated heterocycles. The molecular weight excluding hydrogens is 365 g/mol. The summed E-state index contributed by atoms with van der Waals surface area (Å²) in [6, 6.07) is 10.6. The molecule has 0 saturated carbocycles. The molecular formula is C21H20FNO5. The fourth-order valence-corrected chi connectivity index (χ4v) is 2.25. The molecule has 146 valence electrons. The van der Waals surface area contributed by atoms with Crippen LogP contribution in [-0.4, -0.2) is 30.9 Å². The summed E-state index contributed by atoms with van der Waals surface area (Å²) in [6.45, 7) is 2.88. The van der Waals surface area contributed by atoms with Gasteiger partial charge in [-0.05, 0) is 61.9 Å². The minimum atomic E-state index is -1.04. The van der Waals surface area contributed by atoms with Crippen molar-refractivity contribution in [3.05, 3.63) is 65.5 Å². The Labute approximate surface area is 162 Å². The van der Waals surface area contributed by atoms with E-state index in [0.717, 1.165) is 6.08 Å². The number of hydrogen-bond acceptors (Lipinski definition) is 5. The van der Waals surface area contributed by atoms with Crippen LogP contribution >= 0.6 is 0 Å². The number of methoxy groups -OCH3 is 1. The van der Waals surface area contributed by atoms with E-state index >= 15 is 0 Å². The molecule has 2 aromatic carbocycles. The summed E-state index contributed by atoms with van der Waals surface area (Å²) >= 11 is 0. The molecule has 0 aromatic heterocycles. The first-order valence-corrected chi connectivity index (χ1v) is 8.44. The maximum absolute atomic E-state index is 13.6. The molecule has 0 radical (unpaired) electrons. The van der Waals surface area contributed by atoms with E-state index in [4.69, 9.17) is 9.47 Å². The van der Waals surface area contributed by atoms with Crippen molar-refractivity contribution >= 4 is 29.4 Å². The predicted octanol–water partition coefficient (Wildman–Crippen LogP) is 3.62. The highest BCUT2D eigenvalue weighted by Gasteiger charge is 2.16. The number of Topliss-reactive ketones (excluding diaryl/α,β-unsaturated/α-hetero) is 1. The lowest BCUT2D eigenvalue weighted by Crippen LogP contribution is -2.29. The molecule has 1 N–H and O–H groups in total. The fraction of sp³-hybridized carbons (Fsp3) is 0.190. The van der Waals surface area contributed by atoms with Crippen molar-refractivity contribution in [2.24, 2.45) is 0 Å². The van der Waals surface area contributed by atoms with Gasteiger partial charge in [0.1, 0.15) is 0 Å². The number of amides is 1. The Morgan fingerprint density at radius 2 is 1.79 bits per heavy atom. The first-order valence-electron chi connectivity index (χ1n) is 8.44. The van der Waals surface area contributed by atoms with Crippen LogP contribution in [0.5, 0.6) is 5.75 Å². The van der Waals surface area contributed by atoms with Crippen molar-refractivity contribution in [1.29, 1.82) is 0 Å². The summed E-state index contributed by atoms with van der Waals surface area (Å²) in [4.78, 5) is 35.2. The lowest BCUT2D eigenvalue weighted by Gasteiger charge is -2.12. The SMILES string of the molecule is COc1ccc(/C=C/C(=O)O[C@@H](C)C(=O)Nc2ccc(C(C)=O)cc2)cc1F. The Balaban J connectivity index is 1.91. The fourth-order valence-electron chi connectivity index (χ4n) is 2.25. The highest BCUT2D eigenvalue weighted by molar-refractivity contribution is 5.98. The number of esters is 1. The minimum Gasteiger partial charge on any atom is -0.494 e. The Morgan fingerprint density at radius 1 is 1.11 bits per heavy atom. The molecule has 0 aliphatic heterocycles. The van der Waals surface area contributed by atoms with Crippen molar-refractivity contribution in [2.75, 3.05) is 12.4 Å². The number of carbonyl (C=O) groups is 3. The van der Waals surface area contributed by atoms with Gasteiger partial charge in [-0.15, -0.1) is 0 Å². The molecule has 0 bridgehead atoms. The molecule has 0 heterocycles. The lowest BCUT2D eigenvalue weighted by atomic mass is 10.1. The second-order valence-electron chi connectivity index (χ2n) is 5.93. The van der Waals surface area contributed by atoms with Gasteiger partial charge in [-0.2, -0.15) is 0 Å². The Hall–Kier alpha value is -3.48. The van der Waals surface area contributed by atoms with Crippen LogP contribution in [0.2, 0.25) is 0 Å². The van der Waals surface area contributed by atoms with E-state index in [1.807, 2.05) is 0 Å². The standard InChI is InChI=1S/C21H20FNO5/c1-13(24)16-6-8-17(9-7-16)23-21(26)14(2)28-20(25)11-5-15-4-10-19(27-3)18(22)12-15/h4-12,14H,1-3H3,(H,23,26)/b11-5+/t14-/m0/s1. The molecule has 1 atom stereocenters. The number of hydrogen-bond donors (Lipinski definition) is 1. The van der Waals surface area contributed by atoms with Crippen LogP contribution in [0.1, 0.15) is 29.8 Å². The maximum Gasteiger partial charge on any atom is 0.331 e. The van der Waals surface area contributed by atoms with Gasteiger partial charge in [0.15, 0.2) is 23.5 Å². The summed E-state index contributed by atoms with van der Waals surface area (Å²) in [5.74, 6) is -1.80. The number of nitrogens with one attached hydrogen (secondary N) is 1. The van der Waals surface area contributed by atoms with Gasteiger partial charge in [-0.25, -0.2) is 9.18 Å². The normalized spacial score (nSPS) is 11.7. The second-order valence-corrected chi connectivity index (χ2v) is 5.93. The first-order chi connectivity index (χ1) is 13.3. The first kappa shape index (κ1) is 20.8. The summed E-state index contributed by atoms with van der Waals surface area (Å²) in [6.07, 6.45) is 1.43. The van der Waals surface area contributed by atoms with Crippen molar-refractivity contribution in [1.82, 2.24) is 0 Å². The Morgan fingerprint density at radius 3 is 2.36 bits per heavy atom. The minimum absolute atomic E-state index is 0.0799. The monoisotopic (exact) mass is 385 g/mol. The van der Waals surface area contributed by atoms with Crippen LogP contribution < -0.4 is 10.1 Å². The van der Waals surface area contributed by atoms with Gasteiger partial charge in [0.2, 0.25) is 0 Å². The molecule has 7 heteroatoms. The predicted molar refractivity (Wildman–Crippen MR) is 103 cm³/mol. The van der Waals surface area contributed by atoms with E-state index in [2.05, 4.69) is 5.32 Å². The largest absolute Gasteiger partial charge is 0.494 e. The average molecular weight is 385 g/mol. The molecule has 0 fully saturated rings. The molecule has 2 rings (SSSR count). The van der Waals surface area contributed by atoms with Gasteiger partial charge >= 0.3 is 5.97 Å². The number of halogens is 1. The number of carbonyl (C=O) groups excluding carboxylic acids is 3. The van der Waals surface area contributed by atoms with E-state index in [-0.39, 0.29) is 11.5 Å². The number of ketones is 1. The van der Waals surface area contributed by atoms with E-state index in [0.29, 0.717) is 16.8 Å². The van der Waals surface area contributed by atoms with Crippen LogP contribution in [0.3, 0.4) is 0 Å². The maximum atomic E-state index is 13.6. The topological polar surface area (TPSA) is 81.7 Å². The molecule has 28 heavy (non-hydrogen) atoms. The molecule has 0 spiro atoms. The van der Waals surface area contributed by atoms with Crippen LogP contribution in [0.4, 0.5) is 10.1 Å². The summed E-state index contributed by atoms with van der Waals surface area (Å²) in [7, 11) is 1.36. The molecule has 2 aromatic rings. The third kappa shape index (κ3) is 5.77. The number of ether oxygens (including phenoxy) is 2. The number of anilines is 1. The molecule has 0 aliphatic rings. The Bertz CT molecular complexity index is 906. The molecule has 6 nitrogen and oxygen atoms in total. The van der Waals surface area contributed by atoms with E-state index < -0.39 is 23.8 Å². The van der Waals surface area contributed by atoms with Crippen molar-refractivity contribution in [2.45, 2.75) is 20.0 Å². The summed E-state index contributed by atoms with van der Waals surface area (Å²) in [5.41, 5.74) is 1.44. The summed E-state index contributed by atoms with van der Waals surface area (Å²) < 4.78 is 23.5. The quantitative estimate of drug-likeness (QED) is 0.447. The van der Waals surface area contributed by atoms with Crippen molar-refractivity contribution < 1.29 is 28.2 Å². The van der Waals surface area contributed by atoms with Gasteiger partial charge in [-0.1, -0.05) is 6.07 Å².